The van der Waals surface area contributed by atoms with Crippen molar-refractivity contribution in [1.82, 2.24) is 9.55 Å². The van der Waals surface area contributed by atoms with Gasteiger partial charge in [0.2, 0.25) is 0 Å². The molecule has 0 unspecified atom stereocenters. The highest BCUT2D eigenvalue weighted by molar-refractivity contribution is 5.87. The molecule has 130 valence electrons. The Kier molecular flexibility index (Phi) is 4.66. The van der Waals surface area contributed by atoms with E-state index in [1.807, 2.05) is 30.3 Å². The summed E-state index contributed by atoms with van der Waals surface area (Å²) in [5.41, 5.74) is 0.840. The monoisotopic (exact) mass is 348 g/mol. The summed E-state index contributed by atoms with van der Waals surface area (Å²) in [5.74, 6) is -1.03. The Labute approximate surface area is 148 Å². The predicted octanol–water partition coefficient (Wildman–Crippen LogP) is 0.429. The Hall–Kier alpha value is -3.67. The van der Waals surface area contributed by atoms with Crippen LogP contribution in [0.5, 0.6) is 0 Å². The van der Waals surface area contributed by atoms with Crippen LogP contribution in [0, 0.1) is 0 Å². The summed E-state index contributed by atoms with van der Waals surface area (Å²) in [6.45, 7) is 0. The fraction of sp³-hybridized carbons (Fsp3) is 0.0500. The van der Waals surface area contributed by atoms with Crippen LogP contribution in [0.3, 0.4) is 0 Å². The molecule has 0 saturated carbocycles. The van der Waals surface area contributed by atoms with Gasteiger partial charge in [0.05, 0.1) is 5.56 Å². The Morgan fingerprint density at radius 1 is 0.962 bits per heavy atom. The van der Waals surface area contributed by atoms with E-state index in [1.54, 1.807) is 18.2 Å². The van der Waals surface area contributed by atoms with Crippen LogP contribution in [0.4, 0.5) is 0 Å². The summed E-state index contributed by atoms with van der Waals surface area (Å²) in [7, 11) is 1.53. The standard InChI is InChI=1S/C20H16N2O4/c1-22-17(12-14-7-9-15(10-8-14)20(25)26)18(23)21-16(19(22)24)11-13-5-3-2-4-6-13/h2-12H,1H3,(H,21,23)(H,25,26). The fourth-order valence-electron chi connectivity index (χ4n) is 2.54. The van der Waals surface area contributed by atoms with Gasteiger partial charge >= 0.3 is 5.97 Å². The minimum Gasteiger partial charge on any atom is -0.478 e. The molecule has 6 heteroatoms. The molecular formula is C20H16N2O4. The molecule has 0 aliphatic heterocycles. The van der Waals surface area contributed by atoms with Crippen molar-refractivity contribution in [3.8, 4) is 0 Å². The largest absolute Gasteiger partial charge is 0.478 e. The number of aromatic amines is 1. The average molecular weight is 348 g/mol. The quantitative estimate of drug-likeness (QED) is 0.718. The molecule has 0 aliphatic carbocycles. The van der Waals surface area contributed by atoms with E-state index < -0.39 is 11.5 Å². The van der Waals surface area contributed by atoms with Gasteiger partial charge < -0.3 is 14.7 Å². The molecule has 26 heavy (non-hydrogen) atoms. The number of carboxylic acid groups (broad SMARTS) is 1. The summed E-state index contributed by atoms with van der Waals surface area (Å²) >= 11 is 0. The van der Waals surface area contributed by atoms with Crippen LogP contribution < -0.4 is 21.8 Å². The van der Waals surface area contributed by atoms with E-state index in [0.717, 1.165) is 5.56 Å². The van der Waals surface area contributed by atoms with E-state index in [4.69, 9.17) is 5.11 Å². The summed E-state index contributed by atoms with van der Waals surface area (Å²) in [5, 5.41) is 9.31. The molecule has 1 aromatic heterocycles. The maximum atomic E-state index is 12.5. The van der Waals surface area contributed by atoms with E-state index in [0.29, 0.717) is 5.56 Å². The van der Waals surface area contributed by atoms with Crippen molar-refractivity contribution < 1.29 is 9.90 Å². The number of benzene rings is 2. The van der Waals surface area contributed by atoms with Gasteiger partial charge in [0.25, 0.3) is 11.1 Å². The van der Waals surface area contributed by atoms with Crippen molar-refractivity contribution in [3.05, 3.63) is 103 Å². The van der Waals surface area contributed by atoms with Crippen molar-refractivity contribution in [2.24, 2.45) is 7.05 Å². The molecule has 0 amide bonds. The van der Waals surface area contributed by atoms with Crippen molar-refractivity contribution in [1.29, 1.82) is 0 Å². The molecule has 3 aromatic rings. The Bertz CT molecular complexity index is 1190. The lowest BCUT2D eigenvalue weighted by Crippen LogP contribution is -2.52. The first kappa shape index (κ1) is 17.2. The van der Waals surface area contributed by atoms with Crippen LogP contribution in [0.15, 0.2) is 64.2 Å². The zero-order chi connectivity index (χ0) is 18.7. The summed E-state index contributed by atoms with van der Waals surface area (Å²) in [6, 6.07) is 15.3. The van der Waals surface area contributed by atoms with Gasteiger partial charge in [0, 0.05) is 7.05 Å². The lowest BCUT2D eigenvalue weighted by Gasteiger charge is -2.01. The van der Waals surface area contributed by atoms with Crippen molar-refractivity contribution >= 4 is 18.1 Å². The van der Waals surface area contributed by atoms with Gasteiger partial charge in [0.1, 0.15) is 10.7 Å². The minimum absolute atomic E-state index is 0.151. The minimum atomic E-state index is -1.03. The first-order valence-corrected chi connectivity index (χ1v) is 7.87. The number of aromatic carboxylic acids is 1. The van der Waals surface area contributed by atoms with Crippen molar-refractivity contribution in [2.75, 3.05) is 0 Å². The highest BCUT2D eigenvalue weighted by Crippen LogP contribution is 2.04. The lowest BCUT2D eigenvalue weighted by atomic mass is 10.1. The van der Waals surface area contributed by atoms with Crippen LogP contribution in [0.1, 0.15) is 21.5 Å². The van der Waals surface area contributed by atoms with Crippen LogP contribution in [-0.2, 0) is 7.05 Å². The average Bonchev–Trinajstić information content (AvgIpc) is 2.64. The number of rotatable bonds is 3. The summed E-state index contributed by atoms with van der Waals surface area (Å²) in [6.07, 6.45) is 3.16. The number of nitrogens with zero attached hydrogens (tertiary/aromatic N) is 1. The number of H-pyrrole nitrogens is 1. The summed E-state index contributed by atoms with van der Waals surface area (Å²) < 4.78 is 1.28. The molecule has 0 atom stereocenters. The van der Waals surface area contributed by atoms with Gasteiger partial charge in [-0.3, -0.25) is 9.59 Å². The zero-order valence-electron chi connectivity index (χ0n) is 14.0. The molecule has 0 bridgehead atoms. The first-order chi connectivity index (χ1) is 12.5. The van der Waals surface area contributed by atoms with Crippen LogP contribution in [0.2, 0.25) is 0 Å². The number of hydrogen-bond donors (Lipinski definition) is 2. The molecule has 0 saturated heterocycles. The Morgan fingerprint density at radius 2 is 1.58 bits per heavy atom. The van der Waals surface area contributed by atoms with E-state index in [9.17, 15) is 14.4 Å². The van der Waals surface area contributed by atoms with E-state index in [2.05, 4.69) is 4.98 Å². The molecule has 6 nitrogen and oxygen atoms in total. The van der Waals surface area contributed by atoms with Crippen LogP contribution >= 0.6 is 0 Å². The molecule has 0 radical (unpaired) electrons. The third-order valence-electron chi connectivity index (χ3n) is 3.95. The maximum absolute atomic E-state index is 12.5. The van der Waals surface area contributed by atoms with Crippen LogP contribution in [0.25, 0.3) is 12.2 Å². The third-order valence-corrected chi connectivity index (χ3v) is 3.95. The van der Waals surface area contributed by atoms with Crippen LogP contribution in [-0.4, -0.2) is 20.6 Å². The van der Waals surface area contributed by atoms with Gasteiger partial charge in [-0.25, -0.2) is 4.79 Å². The lowest BCUT2D eigenvalue weighted by molar-refractivity contribution is 0.0697. The van der Waals surface area contributed by atoms with Gasteiger partial charge in [-0.2, -0.15) is 0 Å². The molecule has 0 spiro atoms. The first-order valence-electron chi connectivity index (χ1n) is 7.87. The Balaban J connectivity index is 2.14. The van der Waals surface area contributed by atoms with Crippen molar-refractivity contribution in [3.63, 3.8) is 0 Å². The molecular weight excluding hydrogens is 332 g/mol. The number of aromatic nitrogens is 2. The topological polar surface area (TPSA) is 92.2 Å². The molecule has 0 aliphatic rings. The molecule has 2 aromatic carbocycles. The van der Waals surface area contributed by atoms with E-state index in [-0.39, 0.29) is 21.8 Å². The highest BCUT2D eigenvalue weighted by Gasteiger charge is 2.03. The van der Waals surface area contributed by atoms with E-state index in [1.165, 1.54) is 29.8 Å². The van der Waals surface area contributed by atoms with Gasteiger partial charge in [0.15, 0.2) is 0 Å². The maximum Gasteiger partial charge on any atom is 0.335 e. The molecule has 1 heterocycles. The number of carboxylic acids is 1. The van der Waals surface area contributed by atoms with Gasteiger partial charge in [-0.15, -0.1) is 0 Å². The smallest absolute Gasteiger partial charge is 0.335 e. The molecule has 2 N–H and O–H groups in total. The molecule has 0 fully saturated rings. The van der Waals surface area contributed by atoms with Gasteiger partial charge in [-0.1, -0.05) is 42.5 Å². The second-order valence-corrected chi connectivity index (χ2v) is 5.74. The third kappa shape index (κ3) is 3.54. The number of hydrogen-bond acceptors (Lipinski definition) is 3. The number of carbonyl (C=O) groups is 1. The molecule has 3 rings (SSSR count). The zero-order valence-corrected chi connectivity index (χ0v) is 14.0. The summed E-state index contributed by atoms with van der Waals surface area (Å²) in [4.78, 5) is 38.5. The normalized spacial score (nSPS) is 12.3. The Morgan fingerprint density at radius 3 is 2.19 bits per heavy atom. The predicted molar refractivity (Wildman–Crippen MR) is 98.5 cm³/mol. The second kappa shape index (κ2) is 7.06. The van der Waals surface area contributed by atoms with E-state index >= 15 is 0 Å². The SMILES string of the molecule is Cn1c(=O)c(=Cc2ccccc2)[nH]c(=O)c1=Cc1ccc(C(=O)O)cc1. The second-order valence-electron chi connectivity index (χ2n) is 5.74. The number of nitrogens with one attached hydrogen (secondary N) is 1. The van der Waals surface area contributed by atoms with Gasteiger partial charge in [-0.05, 0) is 35.4 Å². The van der Waals surface area contributed by atoms with Crippen molar-refractivity contribution in [2.45, 2.75) is 0 Å². The highest BCUT2D eigenvalue weighted by atomic mass is 16.4. The fourth-order valence-corrected chi connectivity index (χ4v) is 2.54.